The van der Waals surface area contributed by atoms with Crippen molar-refractivity contribution in [1.29, 1.82) is 0 Å². The second-order valence-corrected chi connectivity index (χ2v) is 9.13. The fourth-order valence-corrected chi connectivity index (χ4v) is 5.85. The molecule has 1 heterocycles. The van der Waals surface area contributed by atoms with E-state index < -0.39 is 19.8 Å². The molecule has 0 amide bonds. The quantitative estimate of drug-likeness (QED) is 0.837. The Morgan fingerprint density at radius 1 is 1.36 bits per heavy atom. The molecule has 0 spiro atoms. The Morgan fingerprint density at radius 3 is 2.29 bits per heavy atom. The van der Waals surface area contributed by atoms with Gasteiger partial charge in [0.2, 0.25) is 0 Å². The number of halogens is 1. The maximum absolute atomic E-state index is 11.6. The summed E-state index contributed by atoms with van der Waals surface area (Å²) in [6.07, 6.45) is 2.57. The molecule has 4 nitrogen and oxygen atoms in total. The second-order valence-electron chi connectivity index (χ2n) is 2.79. The Balaban J connectivity index is 3.39. The number of rotatable bonds is 2. The summed E-state index contributed by atoms with van der Waals surface area (Å²) < 4.78 is 38.3. The first kappa shape index (κ1) is 12.2. The van der Waals surface area contributed by atoms with E-state index >= 15 is 0 Å². The van der Waals surface area contributed by atoms with E-state index in [0.29, 0.717) is 4.47 Å². The van der Waals surface area contributed by atoms with Gasteiger partial charge < -0.3 is 0 Å². The molecule has 0 radical (unpaired) electrons. The van der Waals surface area contributed by atoms with Gasteiger partial charge in [-0.05, 0) is 27.4 Å². The van der Waals surface area contributed by atoms with E-state index in [9.17, 15) is 12.6 Å². The van der Waals surface area contributed by atoms with Crippen LogP contribution in [0.3, 0.4) is 0 Å². The molecular weight excluding hydrogens is 310 g/mol. The highest BCUT2D eigenvalue weighted by molar-refractivity contribution is 9.10. The average Bonchev–Trinajstić information content (AvgIpc) is 2.29. The minimum absolute atomic E-state index is 0.0916. The van der Waals surface area contributed by atoms with Crippen LogP contribution in [0, 0.1) is 0 Å². The van der Waals surface area contributed by atoms with Crippen LogP contribution in [-0.4, -0.2) is 25.1 Å². The lowest BCUT2D eigenvalue weighted by Gasteiger charge is -1.97. The lowest BCUT2D eigenvalue weighted by molar-refractivity contribution is 0.599. The van der Waals surface area contributed by atoms with Crippen molar-refractivity contribution in [1.82, 2.24) is 0 Å². The van der Waals surface area contributed by atoms with E-state index in [0.717, 1.165) is 11.3 Å². The summed E-state index contributed by atoms with van der Waals surface area (Å²) in [5.74, 6) is 0. The first-order chi connectivity index (χ1) is 6.22. The van der Waals surface area contributed by atoms with Crippen molar-refractivity contribution in [3.05, 3.63) is 15.9 Å². The summed E-state index contributed by atoms with van der Waals surface area (Å²) in [5.41, 5.74) is 0. The number of thiophene rings is 1. The van der Waals surface area contributed by atoms with Crippen LogP contribution >= 0.6 is 27.3 Å². The maximum Gasteiger partial charge on any atom is 0.300 e. The van der Waals surface area contributed by atoms with Gasteiger partial charge in [-0.1, -0.05) is 0 Å². The molecule has 1 aromatic heterocycles. The summed E-state index contributed by atoms with van der Waals surface area (Å²) in [7, 11) is -6.44. The van der Waals surface area contributed by atoms with Gasteiger partial charge >= 0.3 is 10.0 Å². The Labute approximate surface area is 95.7 Å². The molecule has 0 fully saturated rings. The largest absolute Gasteiger partial charge is 0.300 e. The first-order valence-electron chi connectivity index (χ1n) is 3.39. The smallest absolute Gasteiger partial charge is 0.249 e. The van der Waals surface area contributed by atoms with Crippen LogP contribution < -0.4 is 0 Å². The summed E-state index contributed by atoms with van der Waals surface area (Å²) >= 11 is 4.13. The Bertz CT molecular complexity index is 543. The van der Waals surface area contributed by atoms with Gasteiger partial charge in [0.15, 0.2) is 4.21 Å². The predicted octanol–water partition coefficient (Wildman–Crippen LogP) is 1.93. The van der Waals surface area contributed by atoms with Gasteiger partial charge in [-0.2, -0.15) is 8.42 Å². The van der Waals surface area contributed by atoms with Crippen molar-refractivity contribution in [3.8, 4) is 0 Å². The molecule has 0 atom stereocenters. The molecule has 0 saturated heterocycles. The van der Waals surface area contributed by atoms with E-state index in [4.69, 9.17) is 0 Å². The zero-order valence-corrected chi connectivity index (χ0v) is 11.5. The van der Waals surface area contributed by atoms with Gasteiger partial charge in [0.25, 0.3) is 0 Å². The van der Waals surface area contributed by atoms with Crippen molar-refractivity contribution in [3.63, 3.8) is 0 Å². The average molecular weight is 318 g/mol. The Kier molecular flexibility index (Phi) is 3.40. The normalized spacial score (nSPS) is 12.8. The molecule has 0 aliphatic carbocycles. The topological polar surface area (TPSA) is 63.6 Å². The lowest BCUT2D eigenvalue weighted by atomic mass is 10.7. The van der Waals surface area contributed by atoms with Gasteiger partial charge in [-0.3, -0.25) is 0 Å². The molecule has 0 bridgehead atoms. The van der Waals surface area contributed by atoms with Crippen LogP contribution in [0.25, 0.3) is 0 Å². The second kappa shape index (κ2) is 3.92. The summed E-state index contributed by atoms with van der Waals surface area (Å²) in [4.78, 5) is 0. The lowest BCUT2D eigenvalue weighted by Crippen LogP contribution is -2.00. The SMILES string of the molecule is CS(C)(=O)=NS(=O)(=O)c1sccc1Br. The summed E-state index contributed by atoms with van der Waals surface area (Å²) in [6.45, 7) is 0. The monoisotopic (exact) mass is 317 g/mol. The molecule has 8 heteroatoms. The zero-order valence-electron chi connectivity index (χ0n) is 7.43. The third-order valence-corrected chi connectivity index (χ3v) is 6.82. The fourth-order valence-electron chi connectivity index (χ4n) is 0.734. The van der Waals surface area contributed by atoms with Crippen molar-refractivity contribution in [2.45, 2.75) is 4.21 Å². The molecule has 0 aliphatic heterocycles. The predicted molar refractivity (Wildman–Crippen MR) is 61.6 cm³/mol. The van der Waals surface area contributed by atoms with Gasteiger partial charge in [0.1, 0.15) is 0 Å². The van der Waals surface area contributed by atoms with E-state index in [1.165, 1.54) is 12.5 Å². The number of nitrogens with zero attached hydrogens (tertiary/aromatic N) is 1. The Morgan fingerprint density at radius 2 is 1.93 bits per heavy atom. The highest BCUT2D eigenvalue weighted by Crippen LogP contribution is 2.29. The van der Waals surface area contributed by atoms with Gasteiger partial charge in [-0.15, -0.1) is 15.1 Å². The van der Waals surface area contributed by atoms with Crippen LogP contribution in [0.2, 0.25) is 0 Å². The molecular formula is C6H8BrNO3S3. The molecule has 14 heavy (non-hydrogen) atoms. The summed E-state index contributed by atoms with van der Waals surface area (Å²) in [5, 5.41) is 1.62. The highest BCUT2D eigenvalue weighted by atomic mass is 79.9. The molecule has 1 aromatic rings. The molecule has 0 unspecified atom stereocenters. The van der Waals surface area contributed by atoms with Crippen LogP contribution in [0.15, 0.2) is 23.9 Å². The van der Waals surface area contributed by atoms with Gasteiger partial charge in [-0.25, -0.2) is 4.21 Å². The number of sulfonamides is 1. The fraction of sp³-hybridized carbons (Fsp3) is 0.333. The Hall–Kier alpha value is 0.0800. The van der Waals surface area contributed by atoms with Crippen LogP contribution in [0.5, 0.6) is 0 Å². The molecule has 0 aromatic carbocycles. The van der Waals surface area contributed by atoms with Crippen molar-refractivity contribution in [2.24, 2.45) is 3.77 Å². The van der Waals surface area contributed by atoms with Crippen LogP contribution in [-0.2, 0) is 19.8 Å². The van der Waals surface area contributed by atoms with E-state index in [1.807, 2.05) is 0 Å². The molecule has 0 N–H and O–H groups in total. The molecule has 80 valence electrons. The van der Waals surface area contributed by atoms with Crippen LogP contribution in [0.4, 0.5) is 0 Å². The highest BCUT2D eigenvalue weighted by Gasteiger charge is 2.19. The number of hydrogen-bond acceptors (Lipinski definition) is 4. The standard InChI is InChI=1S/C6H8BrNO3S3/c1-13(2,9)8-14(10,11)6-5(7)3-4-12-6/h3-4H,1-2H3. The first-order valence-corrected chi connectivity index (χ1v) is 8.83. The minimum Gasteiger partial charge on any atom is -0.249 e. The van der Waals surface area contributed by atoms with Gasteiger partial charge in [0, 0.05) is 17.0 Å². The molecule has 1 rings (SSSR count). The van der Waals surface area contributed by atoms with Crippen LogP contribution in [0.1, 0.15) is 0 Å². The van der Waals surface area contributed by atoms with E-state index in [-0.39, 0.29) is 4.21 Å². The van der Waals surface area contributed by atoms with E-state index in [1.54, 1.807) is 11.4 Å². The molecule has 0 aliphatic rings. The zero-order chi connectivity index (χ0) is 11.0. The minimum atomic E-state index is -3.78. The molecule has 0 saturated carbocycles. The summed E-state index contributed by atoms with van der Waals surface area (Å²) in [6, 6.07) is 1.61. The van der Waals surface area contributed by atoms with Crippen molar-refractivity contribution in [2.75, 3.05) is 12.5 Å². The number of hydrogen-bond donors (Lipinski definition) is 0. The van der Waals surface area contributed by atoms with Gasteiger partial charge in [0.05, 0.1) is 9.73 Å². The van der Waals surface area contributed by atoms with E-state index in [2.05, 4.69) is 19.7 Å². The third-order valence-electron chi connectivity index (χ3n) is 1.10. The third kappa shape index (κ3) is 3.04. The van der Waals surface area contributed by atoms with Crippen molar-refractivity contribution >= 4 is 47.0 Å². The van der Waals surface area contributed by atoms with Crippen molar-refractivity contribution < 1.29 is 12.6 Å². The maximum atomic E-state index is 11.6.